The summed E-state index contributed by atoms with van der Waals surface area (Å²) in [6.45, 7) is 0. The Morgan fingerprint density at radius 3 is 2.15 bits per heavy atom. The molecule has 0 saturated carbocycles. The lowest BCUT2D eigenvalue weighted by Gasteiger charge is -2.17. The molecular formula is C6H11NO6. The van der Waals surface area contributed by atoms with E-state index < -0.39 is 36.6 Å². The van der Waals surface area contributed by atoms with Crippen LogP contribution in [0, 0.1) is 0 Å². The summed E-state index contributed by atoms with van der Waals surface area (Å²) < 4.78 is 4.56. The minimum atomic E-state index is -1.59. The van der Waals surface area contributed by atoms with Crippen molar-refractivity contribution in [1.29, 1.82) is 0 Å². The Kier molecular flexibility index (Phi) is 2.84. The molecule has 0 radical (unpaired) electrons. The van der Waals surface area contributed by atoms with E-state index >= 15 is 0 Å². The first kappa shape index (κ1) is 10.4. The highest BCUT2D eigenvalue weighted by molar-refractivity contribution is 5.74. The number of aliphatic carboxylic acids is 1. The van der Waals surface area contributed by atoms with Crippen LogP contribution < -0.4 is 5.73 Å². The third kappa shape index (κ3) is 1.79. The highest BCUT2D eigenvalue weighted by Crippen LogP contribution is 2.21. The van der Waals surface area contributed by atoms with Crippen molar-refractivity contribution >= 4 is 5.97 Å². The largest absolute Gasteiger partial charge is 0.480 e. The van der Waals surface area contributed by atoms with Crippen LogP contribution in [0.1, 0.15) is 0 Å². The number of carboxylic acid groups (broad SMARTS) is 1. The molecule has 7 heteroatoms. The number of hydrogen-bond acceptors (Lipinski definition) is 6. The van der Waals surface area contributed by atoms with Crippen LogP contribution in [0.3, 0.4) is 0 Å². The van der Waals surface area contributed by atoms with E-state index in [9.17, 15) is 4.79 Å². The van der Waals surface area contributed by atoms with Crippen LogP contribution in [-0.4, -0.2) is 57.0 Å². The zero-order valence-corrected chi connectivity index (χ0v) is 6.57. The maximum absolute atomic E-state index is 10.4. The maximum atomic E-state index is 10.4. The molecule has 0 aliphatic carbocycles. The number of hydrogen-bond donors (Lipinski definition) is 5. The molecule has 7 nitrogen and oxygen atoms in total. The molecule has 1 fully saturated rings. The molecule has 1 aliphatic rings. The Bertz CT molecular complexity index is 209. The first-order valence-corrected chi connectivity index (χ1v) is 3.63. The second kappa shape index (κ2) is 3.56. The Hall–Kier alpha value is -0.730. The number of aliphatic hydroxyl groups excluding tert-OH is 3. The zero-order valence-electron chi connectivity index (χ0n) is 6.57. The summed E-state index contributed by atoms with van der Waals surface area (Å²) in [7, 11) is 0. The molecule has 1 aliphatic heterocycles. The normalized spacial score (nSPS) is 41.8. The predicted molar refractivity (Wildman–Crippen MR) is 38.5 cm³/mol. The summed E-state index contributed by atoms with van der Waals surface area (Å²) in [5.74, 6) is -1.37. The molecule has 0 amide bonds. The van der Waals surface area contributed by atoms with Crippen molar-refractivity contribution in [2.45, 2.75) is 30.6 Å². The highest BCUT2D eigenvalue weighted by atomic mass is 16.6. The van der Waals surface area contributed by atoms with Crippen LogP contribution in [-0.2, 0) is 9.53 Å². The van der Waals surface area contributed by atoms with Crippen molar-refractivity contribution in [2.24, 2.45) is 5.73 Å². The minimum Gasteiger partial charge on any atom is -0.480 e. The van der Waals surface area contributed by atoms with Crippen molar-refractivity contribution in [1.82, 2.24) is 0 Å². The zero-order chi connectivity index (χ0) is 10.2. The third-order valence-corrected chi connectivity index (χ3v) is 1.91. The van der Waals surface area contributed by atoms with Gasteiger partial charge in [0, 0.05) is 0 Å². The van der Waals surface area contributed by atoms with Crippen LogP contribution in [0.15, 0.2) is 0 Å². The van der Waals surface area contributed by atoms with Gasteiger partial charge in [0.15, 0.2) is 6.29 Å². The predicted octanol–water partition coefficient (Wildman–Crippen LogP) is -3.16. The van der Waals surface area contributed by atoms with Gasteiger partial charge in [0.25, 0.3) is 0 Å². The lowest BCUT2D eigenvalue weighted by molar-refractivity contribution is -0.151. The van der Waals surface area contributed by atoms with Gasteiger partial charge in [-0.3, -0.25) is 4.79 Å². The number of aliphatic hydroxyl groups is 3. The fourth-order valence-corrected chi connectivity index (χ4v) is 1.12. The Labute approximate surface area is 73.4 Å². The Morgan fingerprint density at radius 2 is 1.85 bits per heavy atom. The average molecular weight is 193 g/mol. The number of ether oxygens (including phenoxy) is 1. The van der Waals surface area contributed by atoms with Gasteiger partial charge in [-0.15, -0.1) is 0 Å². The first-order chi connectivity index (χ1) is 5.95. The molecule has 6 N–H and O–H groups in total. The molecule has 76 valence electrons. The van der Waals surface area contributed by atoms with E-state index in [-0.39, 0.29) is 0 Å². The van der Waals surface area contributed by atoms with Crippen molar-refractivity contribution in [3.05, 3.63) is 0 Å². The van der Waals surface area contributed by atoms with E-state index in [0.29, 0.717) is 0 Å². The molecule has 0 spiro atoms. The van der Waals surface area contributed by atoms with Crippen molar-refractivity contribution in [2.75, 3.05) is 0 Å². The lowest BCUT2D eigenvalue weighted by atomic mass is 10.0. The summed E-state index contributed by atoms with van der Waals surface area (Å²) in [6, 6.07) is -1.47. The lowest BCUT2D eigenvalue weighted by Crippen LogP contribution is -2.48. The van der Waals surface area contributed by atoms with Crippen LogP contribution in [0.5, 0.6) is 0 Å². The van der Waals surface area contributed by atoms with Gasteiger partial charge in [-0.05, 0) is 0 Å². The molecule has 0 aromatic carbocycles. The van der Waals surface area contributed by atoms with Crippen LogP contribution >= 0.6 is 0 Å². The monoisotopic (exact) mass is 193 g/mol. The van der Waals surface area contributed by atoms with Gasteiger partial charge >= 0.3 is 5.97 Å². The number of nitrogens with two attached hydrogens (primary N) is 1. The summed E-state index contributed by atoms with van der Waals surface area (Å²) >= 11 is 0. The van der Waals surface area contributed by atoms with Crippen LogP contribution in [0.4, 0.5) is 0 Å². The number of carboxylic acids is 1. The van der Waals surface area contributed by atoms with Gasteiger partial charge in [0.2, 0.25) is 0 Å². The molecular weight excluding hydrogens is 182 g/mol. The summed E-state index contributed by atoms with van der Waals surface area (Å²) in [5.41, 5.74) is 5.13. The molecule has 0 aromatic rings. The molecule has 2 unspecified atom stereocenters. The van der Waals surface area contributed by atoms with Gasteiger partial charge in [-0.25, -0.2) is 0 Å². The quantitative estimate of drug-likeness (QED) is 0.312. The van der Waals surface area contributed by atoms with E-state index in [4.69, 9.17) is 26.2 Å². The second-order valence-corrected chi connectivity index (χ2v) is 2.84. The topological polar surface area (TPSA) is 133 Å². The van der Waals surface area contributed by atoms with Gasteiger partial charge in [-0.2, -0.15) is 0 Å². The summed E-state index contributed by atoms with van der Waals surface area (Å²) in [6.07, 6.45) is -5.88. The van der Waals surface area contributed by atoms with E-state index in [0.717, 1.165) is 0 Å². The van der Waals surface area contributed by atoms with Gasteiger partial charge in [0.05, 0.1) is 0 Å². The molecule has 1 heterocycles. The fourth-order valence-electron chi connectivity index (χ4n) is 1.12. The smallest absolute Gasteiger partial charge is 0.323 e. The molecule has 5 atom stereocenters. The minimum absolute atomic E-state index is 1.29. The Morgan fingerprint density at radius 1 is 1.31 bits per heavy atom. The fraction of sp³-hybridized carbons (Fsp3) is 0.833. The molecule has 0 aromatic heterocycles. The van der Waals surface area contributed by atoms with Crippen LogP contribution in [0.25, 0.3) is 0 Å². The van der Waals surface area contributed by atoms with Crippen LogP contribution in [0.2, 0.25) is 0 Å². The Balaban J connectivity index is 2.68. The molecule has 13 heavy (non-hydrogen) atoms. The SMILES string of the molecule is NC(C(=O)O)C1O[C@H](O)[C@H](O)[C@H]1O. The van der Waals surface area contributed by atoms with E-state index in [1.807, 2.05) is 0 Å². The van der Waals surface area contributed by atoms with Crippen molar-refractivity contribution in [3.8, 4) is 0 Å². The standard InChI is InChI=1S/C6H11NO6/c7-1(5(10)11)4-2(8)3(9)6(12)13-4/h1-4,6,8-9,12H,7H2,(H,10,11)/t1?,2-,3-,4?,6+/m1/s1. The number of rotatable bonds is 2. The third-order valence-electron chi connectivity index (χ3n) is 1.91. The molecule has 0 bridgehead atoms. The number of carbonyl (C=O) groups is 1. The van der Waals surface area contributed by atoms with Gasteiger partial charge in [0.1, 0.15) is 24.4 Å². The first-order valence-electron chi connectivity index (χ1n) is 3.63. The molecule has 1 saturated heterocycles. The second-order valence-electron chi connectivity index (χ2n) is 2.84. The van der Waals surface area contributed by atoms with E-state index in [1.165, 1.54) is 0 Å². The van der Waals surface area contributed by atoms with Crippen molar-refractivity contribution in [3.63, 3.8) is 0 Å². The van der Waals surface area contributed by atoms with Gasteiger partial charge in [-0.1, -0.05) is 0 Å². The van der Waals surface area contributed by atoms with Gasteiger partial charge < -0.3 is 30.9 Å². The highest BCUT2D eigenvalue weighted by Gasteiger charge is 2.46. The van der Waals surface area contributed by atoms with E-state index in [1.54, 1.807) is 0 Å². The van der Waals surface area contributed by atoms with Crippen molar-refractivity contribution < 1.29 is 30.0 Å². The average Bonchev–Trinajstić information content (AvgIpc) is 2.31. The van der Waals surface area contributed by atoms with E-state index in [2.05, 4.69) is 4.74 Å². The molecule has 1 rings (SSSR count). The summed E-state index contributed by atoms with van der Waals surface area (Å²) in [4.78, 5) is 10.4. The summed E-state index contributed by atoms with van der Waals surface area (Å²) in [5, 5.41) is 35.5. The maximum Gasteiger partial charge on any atom is 0.323 e.